The van der Waals surface area contributed by atoms with Gasteiger partial charge in [-0.2, -0.15) is 0 Å². The Balaban J connectivity index is 1.63. The van der Waals surface area contributed by atoms with Gasteiger partial charge in [0.15, 0.2) is 0 Å². The standard InChI is InChI=1S/C22H28N2O/c1-3-24-21-12-8-7-11-19(21)15-16-20(22(24)25)23-17(2)13-14-18-9-5-4-6-10-18/h4-12,17,20,23H,3,13-16H2,1-2H3/t17-,20+/m1/s1. The number of rotatable bonds is 6. The van der Waals surface area contributed by atoms with Crippen LogP contribution in [0, 0.1) is 0 Å². The summed E-state index contributed by atoms with van der Waals surface area (Å²) >= 11 is 0. The van der Waals surface area contributed by atoms with Crippen molar-refractivity contribution in [2.45, 2.75) is 51.6 Å². The number of likely N-dealkylation sites (N-methyl/N-ethyl adjacent to an activating group) is 1. The fourth-order valence-electron chi connectivity index (χ4n) is 3.65. The highest BCUT2D eigenvalue weighted by Crippen LogP contribution is 2.27. The number of nitrogens with one attached hydrogen (secondary N) is 1. The average molecular weight is 336 g/mol. The highest BCUT2D eigenvalue weighted by Gasteiger charge is 2.29. The predicted molar refractivity (Wildman–Crippen MR) is 104 cm³/mol. The maximum absolute atomic E-state index is 13.0. The van der Waals surface area contributed by atoms with Crippen LogP contribution in [0.2, 0.25) is 0 Å². The summed E-state index contributed by atoms with van der Waals surface area (Å²) in [5.41, 5.74) is 3.71. The zero-order chi connectivity index (χ0) is 17.6. The monoisotopic (exact) mass is 336 g/mol. The summed E-state index contributed by atoms with van der Waals surface area (Å²) in [5, 5.41) is 3.59. The van der Waals surface area contributed by atoms with Crippen molar-refractivity contribution in [1.29, 1.82) is 0 Å². The SMILES string of the molecule is CCN1C(=O)[C@@H](N[C@H](C)CCc2ccccc2)CCc2ccccc21. The van der Waals surface area contributed by atoms with Crippen LogP contribution in [0.5, 0.6) is 0 Å². The first-order chi connectivity index (χ1) is 12.2. The van der Waals surface area contributed by atoms with E-state index in [1.54, 1.807) is 0 Å². The number of fused-ring (bicyclic) bond motifs is 1. The van der Waals surface area contributed by atoms with Crippen LogP contribution in [0.4, 0.5) is 5.69 Å². The van der Waals surface area contributed by atoms with Gasteiger partial charge in [0.05, 0.1) is 6.04 Å². The van der Waals surface area contributed by atoms with E-state index in [0.717, 1.165) is 31.4 Å². The van der Waals surface area contributed by atoms with Crippen molar-refractivity contribution in [2.24, 2.45) is 0 Å². The fraction of sp³-hybridized carbons (Fsp3) is 0.409. The Bertz CT molecular complexity index is 698. The first-order valence-electron chi connectivity index (χ1n) is 9.38. The van der Waals surface area contributed by atoms with Gasteiger partial charge in [-0.15, -0.1) is 0 Å². The number of hydrogen-bond donors (Lipinski definition) is 1. The van der Waals surface area contributed by atoms with Crippen LogP contribution >= 0.6 is 0 Å². The Morgan fingerprint density at radius 2 is 1.84 bits per heavy atom. The van der Waals surface area contributed by atoms with E-state index in [1.165, 1.54) is 11.1 Å². The molecular formula is C22H28N2O. The smallest absolute Gasteiger partial charge is 0.244 e. The molecule has 1 amide bonds. The quantitative estimate of drug-likeness (QED) is 0.866. The largest absolute Gasteiger partial charge is 0.311 e. The van der Waals surface area contributed by atoms with Crippen molar-refractivity contribution in [3.63, 3.8) is 0 Å². The maximum atomic E-state index is 13.0. The predicted octanol–water partition coefficient (Wildman–Crippen LogP) is 3.97. The van der Waals surface area contributed by atoms with Gasteiger partial charge in [0, 0.05) is 18.3 Å². The Kier molecular flexibility index (Phi) is 5.87. The molecule has 2 aromatic rings. The Labute approximate surface area is 151 Å². The molecule has 1 heterocycles. The lowest BCUT2D eigenvalue weighted by atomic mass is 10.0. The molecular weight excluding hydrogens is 308 g/mol. The number of carbonyl (C=O) groups is 1. The van der Waals surface area contributed by atoms with E-state index in [1.807, 2.05) is 17.0 Å². The molecule has 3 rings (SSSR count). The number of amides is 1. The Morgan fingerprint density at radius 1 is 1.12 bits per heavy atom. The van der Waals surface area contributed by atoms with Crippen LogP contribution in [0.25, 0.3) is 0 Å². The lowest BCUT2D eigenvalue weighted by molar-refractivity contribution is -0.120. The zero-order valence-electron chi connectivity index (χ0n) is 15.2. The molecule has 0 aliphatic carbocycles. The summed E-state index contributed by atoms with van der Waals surface area (Å²) in [6.07, 6.45) is 3.88. The summed E-state index contributed by atoms with van der Waals surface area (Å²) in [6.45, 7) is 4.95. The first-order valence-corrected chi connectivity index (χ1v) is 9.38. The highest BCUT2D eigenvalue weighted by atomic mass is 16.2. The van der Waals surface area contributed by atoms with Crippen LogP contribution in [0.15, 0.2) is 54.6 Å². The van der Waals surface area contributed by atoms with E-state index in [9.17, 15) is 4.79 Å². The molecule has 0 saturated carbocycles. The molecule has 0 fully saturated rings. The minimum atomic E-state index is -0.0990. The lowest BCUT2D eigenvalue weighted by Crippen LogP contribution is -2.48. The number of anilines is 1. The van der Waals surface area contributed by atoms with Gasteiger partial charge in [-0.3, -0.25) is 4.79 Å². The molecule has 0 bridgehead atoms. The molecule has 0 spiro atoms. The molecule has 25 heavy (non-hydrogen) atoms. The fourth-order valence-corrected chi connectivity index (χ4v) is 3.65. The minimum Gasteiger partial charge on any atom is -0.311 e. The van der Waals surface area contributed by atoms with Crippen LogP contribution in [-0.2, 0) is 17.6 Å². The van der Waals surface area contributed by atoms with Crippen molar-refractivity contribution < 1.29 is 4.79 Å². The molecule has 0 aromatic heterocycles. The number of aryl methyl sites for hydroxylation is 2. The van der Waals surface area contributed by atoms with Crippen molar-refractivity contribution >= 4 is 11.6 Å². The average Bonchev–Trinajstić information content (AvgIpc) is 2.78. The van der Waals surface area contributed by atoms with E-state index in [-0.39, 0.29) is 11.9 Å². The molecule has 3 heteroatoms. The Hall–Kier alpha value is -2.13. The molecule has 0 saturated heterocycles. The molecule has 1 aliphatic rings. The normalized spacial score (nSPS) is 18.6. The second-order valence-electron chi connectivity index (χ2n) is 6.89. The number of carbonyl (C=O) groups excluding carboxylic acids is 1. The third-order valence-corrected chi connectivity index (χ3v) is 5.06. The van der Waals surface area contributed by atoms with E-state index in [4.69, 9.17) is 0 Å². The third kappa shape index (κ3) is 4.29. The molecule has 1 aliphatic heterocycles. The zero-order valence-corrected chi connectivity index (χ0v) is 15.2. The second kappa shape index (κ2) is 8.30. The van der Waals surface area contributed by atoms with Crippen LogP contribution < -0.4 is 10.2 Å². The van der Waals surface area contributed by atoms with E-state index in [0.29, 0.717) is 12.6 Å². The van der Waals surface area contributed by atoms with Crippen molar-refractivity contribution in [1.82, 2.24) is 5.32 Å². The molecule has 0 unspecified atom stereocenters. The van der Waals surface area contributed by atoms with Crippen LogP contribution in [0.1, 0.15) is 37.8 Å². The third-order valence-electron chi connectivity index (χ3n) is 5.06. The van der Waals surface area contributed by atoms with E-state index < -0.39 is 0 Å². The van der Waals surface area contributed by atoms with Gasteiger partial charge in [0.2, 0.25) is 5.91 Å². The van der Waals surface area contributed by atoms with E-state index >= 15 is 0 Å². The van der Waals surface area contributed by atoms with Gasteiger partial charge < -0.3 is 10.2 Å². The number of benzene rings is 2. The number of hydrogen-bond acceptors (Lipinski definition) is 2. The molecule has 2 atom stereocenters. The summed E-state index contributed by atoms with van der Waals surface area (Å²) in [6, 6.07) is 19.1. The summed E-state index contributed by atoms with van der Waals surface area (Å²) < 4.78 is 0. The number of nitrogens with zero attached hydrogens (tertiary/aromatic N) is 1. The van der Waals surface area contributed by atoms with Crippen molar-refractivity contribution in [3.05, 3.63) is 65.7 Å². The van der Waals surface area contributed by atoms with Gasteiger partial charge in [-0.25, -0.2) is 0 Å². The van der Waals surface area contributed by atoms with Crippen molar-refractivity contribution in [3.8, 4) is 0 Å². The molecule has 132 valence electrons. The second-order valence-corrected chi connectivity index (χ2v) is 6.89. The van der Waals surface area contributed by atoms with E-state index in [2.05, 4.69) is 61.6 Å². The summed E-state index contributed by atoms with van der Waals surface area (Å²) in [7, 11) is 0. The highest BCUT2D eigenvalue weighted by molar-refractivity contribution is 5.98. The van der Waals surface area contributed by atoms with Crippen LogP contribution in [-0.4, -0.2) is 24.5 Å². The molecule has 3 nitrogen and oxygen atoms in total. The molecule has 1 N–H and O–H groups in total. The van der Waals surface area contributed by atoms with Gasteiger partial charge in [0.1, 0.15) is 0 Å². The van der Waals surface area contributed by atoms with Gasteiger partial charge >= 0.3 is 0 Å². The summed E-state index contributed by atoms with van der Waals surface area (Å²) in [5.74, 6) is 0.207. The minimum absolute atomic E-state index is 0.0990. The van der Waals surface area contributed by atoms with Gasteiger partial charge in [-0.05, 0) is 56.7 Å². The lowest BCUT2D eigenvalue weighted by Gasteiger charge is -2.27. The molecule has 2 aromatic carbocycles. The van der Waals surface area contributed by atoms with Gasteiger partial charge in [0.25, 0.3) is 0 Å². The van der Waals surface area contributed by atoms with Crippen molar-refractivity contribution in [2.75, 3.05) is 11.4 Å². The Morgan fingerprint density at radius 3 is 2.60 bits per heavy atom. The first kappa shape index (κ1) is 17.7. The van der Waals surface area contributed by atoms with Crippen LogP contribution in [0.3, 0.4) is 0 Å². The molecule has 0 radical (unpaired) electrons. The maximum Gasteiger partial charge on any atom is 0.244 e. The number of para-hydroxylation sites is 1. The van der Waals surface area contributed by atoms with Gasteiger partial charge in [-0.1, -0.05) is 48.5 Å². The summed E-state index contributed by atoms with van der Waals surface area (Å²) in [4.78, 5) is 14.9. The topological polar surface area (TPSA) is 32.3 Å².